The number of hydrogen-bond donors (Lipinski definition) is 1. The van der Waals surface area contributed by atoms with Gasteiger partial charge in [-0.25, -0.2) is 4.39 Å². The summed E-state index contributed by atoms with van der Waals surface area (Å²) >= 11 is 0. The third kappa shape index (κ3) is 5.81. The van der Waals surface area contributed by atoms with Crippen LogP contribution >= 0.6 is 12.4 Å². The minimum Gasteiger partial charge on any atom is -0.313 e. The molecule has 0 aliphatic rings. The van der Waals surface area contributed by atoms with E-state index in [1.807, 2.05) is 12.1 Å². The van der Waals surface area contributed by atoms with Crippen LogP contribution in [0.1, 0.15) is 11.1 Å². The summed E-state index contributed by atoms with van der Waals surface area (Å²) in [7, 11) is 0. The first-order valence-electron chi connectivity index (χ1n) is 7.02. The monoisotopic (exact) mass is 336 g/mol. The summed E-state index contributed by atoms with van der Waals surface area (Å²) in [4.78, 5) is 10.5. The molecular weight excluding hydrogens is 319 g/mol. The lowest BCUT2D eigenvalue weighted by Crippen LogP contribution is -2.17. The highest BCUT2D eigenvalue weighted by Gasteiger charge is 2.08. The van der Waals surface area contributed by atoms with Gasteiger partial charge in [-0.05, 0) is 30.7 Å². The number of nitrogens with one attached hydrogen (secondary N) is 1. The van der Waals surface area contributed by atoms with Crippen molar-refractivity contribution in [2.45, 2.75) is 6.42 Å². The number of nitro groups is 1. The predicted molar refractivity (Wildman–Crippen MR) is 92.4 cm³/mol. The van der Waals surface area contributed by atoms with Crippen molar-refractivity contribution in [3.8, 4) is 0 Å². The second kappa shape index (κ2) is 9.71. The molecule has 0 radical (unpaired) electrons. The second-order valence-corrected chi connectivity index (χ2v) is 4.76. The topological polar surface area (TPSA) is 55.2 Å². The Morgan fingerprint density at radius 2 is 1.83 bits per heavy atom. The fourth-order valence-corrected chi connectivity index (χ4v) is 2.09. The van der Waals surface area contributed by atoms with Crippen LogP contribution in [0.15, 0.2) is 54.6 Å². The summed E-state index contributed by atoms with van der Waals surface area (Å²) in [6.45, 7) is 1.21. The SMILES string of the molecule is Cl.O=[N+]([O-])c1ccccc1/C=C/CNCCc1ccccc1F. The van der Waals surface area contributed by atoms with Crippen LogP contribution in [-0.2, 0) is 6.42 Å². The maximum absolute atomic E-state index is 13.4. The van der Waals surface area contributed by atoms with Crippen molar-refractivity contribution in [1.82, 2.24) is 5.32 Å². The molecule has 0 aliphatic heterocycles. The smallest absolute Gasteiger partial charge is 0.276 e. The van der Waals surface area contributed by atoms with Crippen molar-refractivity contribution in [3.05, 3.63) is 81.7 Å². The third-order valence-electron chi connectivity index (χ3n) is 3.22. The van der Waals surface area contributed by atoms with Gasteiger partial charge in [0.15, 0.2) is 0 Å². The van der Waals surface area contributed by atoms with Gasteiger partial charge in [0.05, 0.1) is 10.5 Å². The number of rotatable bonds is 7. The number of benzene rings is 2. The van der Waals surface area contributed by atoms with Crippen LogP contribution < -0.4 is 5.32 Å². The Bertz CT molecular complexity index is 677. The molecule has 4 nitrogen and oxygen atoms in total. The predicted octanol–water partition coefficient (Wildman–Crippen LogP) is 4.00. The Morgan fingerprint density at radius 1 is 1.13 bits per heavy atom. The molecule has 2 aromatic rings. The largest absolute Gasteiger partial charge is 0.313 e. The van der Waals surface area contributed by atoms with E-state index in [4.69, 9.17) is 0 Å². The molecule has 0 saturated carbocycles. The normalized spacial score (nSPS) is 10.5. The van der Waals surface area contributed by atoms with E-state index in [0.29, 0.717) is 30.6 Å². The fraction of sp³-hybridized carbons (Fsp3) is 0.176. The van der Waals surface area contributed by atoms with Gasteiger partial charge in [-0.1, -0.05) is 42.5 Å². The van der Waals surface area contributed by atoms with Crippen molar-refractivity contribution >= 4 is 24.2 Å². The van der Waals surface area contributed by atoms with Crippen LogP contribution in [0.25, 0.3) is 6.08 Å². The van der Waals surface area contributed by atoms with Gasteiger partial charge < -0.3 is 5.32 Å². The lowest BCUT2D eigenvalue weighted by Gasteiger charge is -2.03. The molecule has 0 fully saturated rings. The van der Waals surface area contributed by atoms with E-state index in [2.05, 4.69) is 5.32 Å². The van der Waals surface area contributed by atoms with Gasteiger partial charge >= 0.3 is 0 Å². The fourth-order valence-electron chi connectivity index (χ4n) is 2.09. The lowest BCUT2D eigenvalue weighted by molar-refractivity contribution is -0.385. The maximum atomic E-state index is 13.4. The number of para-hydroxylation sites is 1. The highest BCUT2D eigenvalue weighted by molar-refractivity contribution is 5.85. The summed E-state index contributed by atoms with van der Waals surface area (Å²) < 4.78 is 13.4. The Balaban J connectivity index is 0.00000264. The quantitative estimate of drug-likeness (QED) is 0.472. The van der Waals surface area contributed by atoms with Gasteiger partial charge in [-0.3, -0.25) is 10.1 Å². The molecule has 2 aromatic carbocycles. The number of hydrogen-bond acceptors (Lipinski definition) is 3. The van der Waals surface area contributed by atoms with Gasteiger partial charge in [-0.2, -0.15) is 0 Å². The first kappa shape index (κ1) is 18.8. The van der Waals surface area contributed by atoms with Crippen LogP contribution in [-0.4, -0.2) is 18.0 Å². The number of halogens is 2. The van der Waals surface area contributed by atoms with Crippen molar-refractivity contribution in [2.75, 3.05) is 13.1 Å². The molecule has 0 aromatic heterocycles. The zero-order valence-electron chi connectivity index (χ0n) is 12.4. The first-order chi connectivity index (χ1) is 10.7. The van der Waals surface area contributed by atoms with Crippen LogP contribution in [0.4, 0.5) is 10.1 Å². The van der Waals surface area contributed by atoms with E-state index in [-0.39, 0.29) is 23.9 Å². The van der Waals surface area contributed by atoms with E-state index in [0.717, 1.165) is 0 Å². The molecular formula is C17H18ClFN2O2. The molecule has 0 aliphatic carbocycles. The summed E-state index contributed by atoms with van der Waals surface area (Å²) in [5.74, 6) is -0.195. The van der Waals surface area contributed by atoms with Gasteiger partial charge in [0, 0.05) is 12.6 Å². The average Bonchev–Trinajstić information content (AvgIpc) is 2.52. The average molecular weight is 337 g/mol. The summed E-state index contributed by atoms with van der Waals surface area (Å²) in [6, 6.07) is 13.3. The molecule has 0 heterocycles. The van der Waals surface area contributed by atoms with E-state index < -0.39 is 4.92 Å². The van der Waals surface area contributed by atoms with Crippen LogP contribution in [0.2, 0.25) is 0 Å². The number of nitro benzene ring substituents is 1. The third-order valence-corrected chi connectivity index (χ3v) is 3.22. The lowest BCUT2D eigenvalue weighted by atomic mass is 10.1. The Kier molecular flexibility index (Phi) is 7.94. The van der Waals surface area contributed by atoms with Gasteiger partial charge in [-0.15, -0.1) is 12.4 Å². The summed E-state index contributed by atoms with van der Waals surface area (Å²) in [6.07, 6.45) is 4.14. The van der Waals surface area contributed by atoms with Crippen LogP contribution in [0.5, 0.6) is 0 Å². The summed E-state index contributed by atoms with van der Waals surface area (Å²) in [5.41, 5.74) is 1.34. The van der Waals surface area contributed by atoms with Crippen molar-refractivity contribution in [1.29, 1.82) is 0 Å². The zero-order chi connectivity index (χ0) is 15.8. The van der Waals surface area contributed by atoms with Crippen LogP contribution in [0.3, 0.4) is 0 Å². The molecule has 0 amide bonds. The zero-order valence-corrected chi connectivity index (χ0v) is 13.3. The standard InChI is InChI=1S/C17H17FN2O2.ClH/c18-16-9-3-1-6-14(16)11-13-19-12-5-8-15-7-2-4-10-17(15)20(21)22;/h1-10,19H,11-13H2;1H/b8-5+;. The highest BCUT2D eigenvalue weighted by Crippen LogP contribution is 2.18. The second-order valence-electron chi connectivity index (χ2n) is 4.76. The number of nitrogens with zero attached hydrogens (tertiary/aromatic N) is 1. The van der Waals surface area contributed by atoms with Crippen molar-refractivity contribution in [2.24, 2.45) is 0 Å². The van der Waals surface area contributed by atoms with E-state index >= 15 is 0 Å². The Hall–Kier alpha value is -2.24. The van der Waals surface area contributed by atoms with E-state index in [1.165, 1.54) is 12.1 Å². The van der Waals surface area contributed by atoms with E-state index in [9.17, 15) is 14.5 Å². The molecule has 1 N–H and O–H groups in total. The highest BCUT2D eigenvalue weighted by atomic mass is 35.5. The minimum absolute atomic E-state index is 0. The molecule has 2 rings (SSSR count). The van der Waals surface area contributed by atoms with Crippen molar-refractivity contribution in [3.63, 3.8) is 0 Å². The first-order valence-corrected chi connectivity index (χ1v) is 7.02. The maximum Gasteiger partial charge on any atom is 0.276 e. The molecule has 0 saturated heterocycles. The Labute approximate surface area is 140 Å². The van der Waals surface area contributed by atoms with Gasteiger partial charge in [0.1, 0.15) is 5.82 Å². The molecule has 6 heteroatoms. The Morgan fingerprint density at radius 3 is 2.57 bits per heavy atom. The molecule has 0 bridgehead atoms. The van der Waals surface area contributed by atoms with Gasteiger partial charge in [0.2, 0.25) is 0 Å². The van der Waals surface area contributed by atoms with Crippen molar-refractivity contribution < 1.29 is 9.31 Å². The summed E-state index contributed by atoms with van der Waals surface area (Å²) in [5, 5.41) is 14.0. The van der Waals surface area contributed by atoms with E-state index in [1.54, 1.807) is 36.4 Å². The minimum atomic E-state index is -0.398. The molecule has 122 valence electrons. The molecule has 0 spiro atoms. The van der Waals surface area contributed by atoms with Crippen LogP contribution in [0, 0.1) is 15.9 Å². The molecule has 0 atom stereocenters. The molecule has 0 unspecified atom stereocenters. The molecule has 23 heavy (non-hydrogen) atoms. The van der Waals surface area contributed by atoms with Gasteiger partial charge in [0.25, 0.3) is 5.69 Å².